The number of amides is 3. The Morgan fingerprint density at radius 1 is 0.830 bits per heavy atom. The molecule has 0 radical (unpaired) electrons. The maximum atomic E-state index is 15.8. The lowest BCUT2D eigenvalue weighted by atomic mass is 9.94. The van der Waals surface area contributed by atoms with Gasteiger partial charge in [0.15, 0.2) is 0 Å². The topological polar surface area (TPSA) is 76.2 Å². The van der Waals surface area contributed by atoms with Gasteiger partial charge in [-0.15, -0.1) is 0 Å². The van der Waals surface area contributed by atoms with Crippen LogP contribution in [0.1, 0.15) is 57.9 Å². The van der Waals surface area contributed by atoms with Crippen LogP contribution >= 0.6 is 0 Å². The molecule has 3 aromatic rings. The number of fused-ring (bicyclic) bond motifs is 1. The highest BCUT2D eigenvalue weighted by Crippen LogP contribution is 2.36. The van der Waals surface area contributed by atoms with E-state index in [1.165, 1.54) is 28.2 Å². The number of likely N-dealkylation sites (tertiary alicyclic amines) is 1. The Balaban J connectivity index is 0.985. The van der Waals surface area contributed by atoms with Crippen LogP contribution in [-0.2, 0) is 22.7 Å². The minimum absolute atomic E-state index is 0.00234. The Bertz CT molecular complexity index is 1610. The van der Waals surface area contributed by atoms with E-state index in [-0.39, 0.29) is 55.1 Å². The van der Waals surface area contributed by atoms with Crippen molar-refractivity contribution in [1.82, 2.24) is 24.9 Å². The van der Waals surface area contributed by atoms with Crippen LogP contribution in [0.5, 0.6) is 0 Å². The molecule has 3 saturated heterocycles. The minimum Gasteiger partial charge on any atom is -0.322 e. The highest BCUT2D eigenvalue weighted by Gasteiger charge is 2.48. The van der Waals surface area contributed by atoms with E-state index in [9.17, 15) is 14.4 Å². The van der Waals surface area contributed by atoms with E-state index in [1.807, 2.05) is 41.3 Å². The average molecular weight is 646 g/mol. The highest BCUT2D eigenvalue weighted by molar-refractivity contribution is 6.05. The SMILES string of the molecule is O=C1CCC(N2Cc3c(ccc(CN4CCC(N5CCN(C(c6ccccc6)c6ccccc6)CC5)C(F)(F)C4)c3F)C2=O)C(=O)N1. The predicted molar refractivity (Wildman–Crippen MR) is 169 cm³/mol. The fourth-order valence-corrected chi connectivity index (χ4v) is 7.79. The minimum atomic E-state index is -2.98. The number of hydrogen-bond acceptors (Lipinski definition) is 6. The molecule has 3 aromatic carbocycles. The fraction of sp³-hybridized carbons (Fsp3) is 0.417. The highest BCUT2D eigenvalue weighted by atomic mass is 19.3. The molecule has 3 amide bonds. The normalized spacial score (nSPS) is 24.1. The van der Waals surface area contributed by atoms with E-state index in [1.54, 1.807) is 4.90 Å². The molecular weight excluding hydrogens is 607 g/mol. The number of carbonyl (C=O) groups is 3. The first kappa shape index (κ1) is 31.5. The van der Waals surface area contributed by atoms with Crippen molar-refractivity contribution in [3.05, 3.63) is 106 Å². The number of benzene rings is 3. The fourth-order valence-electron chi connectivity index (χ4n) is 7.79. The number of hydrogen-bond donors (Lipinski definition) is 1. The molecule has 11 heteroatoms. The quantitative estimate of drug-likeness (QED) is 0.389. The molecule has 2 unspecified atom stereocenters. The zero-order valence-electron chi connectivity index (χ0n) is 26.1. The Hall–Kier alpha value is -4.06. The summed E-state index contributed by atoms with van der Waals surface area (Å²) in [7, 11) is 0. The molecule has 7 rings (SSSR count). The lowest BCUT2D eigenvalue weighted by Gasteiger charge is -2.47. The number of halogens is 3. The summed E-state index contributed by atoms with van der Waals surface area (Å²) in [6.07, 6.45) is 0.548. The van der Waals surface area contributed by atoms with Gasteiger partial charge in [0.2, 0.25) is 11.8 Å². The van der Waals surface area contributed by atoms with Crippen molar-refractivity contribution >= 4 is 17.7 Å². The number of piperazine rings is 1. The lowest BCUT2D eigenvalue weighted by Crippen LogP contribution is -2.61. The molecule has 1 N–H and O–H groups in total. The molecule has 0 aromatic heterocycles. The van der Waals surface area contributed by atoms with Crippen LogP contribution in [0.3, 0.4) is 0 Å². The number of imide groups is 1. The summed E-state index contributed by atoms with van der Waals surface area (Å²) in [6.45, 7) is 2.22. The standard InChI is InChI=1S/C36H38F3N5O3/c37-32-26(11-12-27-28(32)22-44(35(27)47)29-13-14-31(45)40-34(29)46)21-41-16-15-30(36(38,39)23-41)42-17-19-43(20-18-42)33(24-7-3-1-4-8-24)25-9-5-2-6-10-25/h1-12,29-30,33H,13-23H2,(H,40,45,46). The van der Waals surface area contributed by atoms with E-state index in [0.29, 0.717) is 32.7 Å². The number of piperidine rings is 2. The van der Waals surface area contributed by atoms with Crippen LogP contribution in [0.2, 0.25) is 0 Å². The predicted octanol–water partition coefficient (Wildman–Crippen LogP) is 4.20. The second-order valence-electron chi connectivity index (χ2n) is 13.0. The van der Waals surface area contributed by atoms with Gasteiger partial charge in [0.1, 0.15) is 11.9 Å². The zero-order chi connectivity index (χ0) is 32.7. The molecule has 0 bridgehead atoms. The van der Waals surface area contributed by atoms with Gasteiger partial charge in [-0.1, -0.05) is 66.7 Å². The summed E-state index contributed by atoms with van der Waals surface area (Å²) in [5, 5.41) is 2.24. The smallest absolute Gasteiger partial charge is 0.275 e. The van der Waals surface area contributed by atoms with Crippen LogP contribution in [0.25, 0.3) is 0 Å². The van der Waals surface area contributed by atoms with Crippen molar-refractivity contribution in [2.24, 2.45) is 0 Å². The third-order valence-electron chi connectivity index (χ3n) is 10.1. The van der Waals surface area contributed by atoms with Gasteiger partial charge in [0.05, 0.1) is 25.2 Å². The summed E-state index contributed by atoms with van der Waals surface area (Å²) < 4.78 is 47.3. The first-order chi connectivity index (χ1) is 22.7. The number of nitrogens with one attached hydrogen (secondary N) is 1. The number of rotatable bonds is 7. The van der Waals surface area contributed by atoms with Crippen LogP contribution in [0.15, 0.2) is 72.8 Å². The molecule has 246 valence electrons. The lowest BCUT2D eigenvalue weighted by molar-refractivity contribution is -0.137. The molecule has 4 heterocycles. The van der Waals surface area contributed by atoms with E-state index in [0.717, 1.165) is 0 Å². The van der Waals surface area contributed by atoms with E-state index < -0.39 is 48.1 Å². The van der Waals surface area contributed by atoms with Crippen LogP contribution in [0.4, 0.5) is 13.2 Å². The second kappa shape index (κ2) is 12.9. The van der Waals surface area contributed by atoms with Crippen molar-refractivity contribution < 1.29 is 27.6 Å². The molecule has 0 saturated carbocycles. The summed E-state index contributed by atoms with van der Waals surface area (Å²) in [5.41, 5.74) is 2.94. The van der Waals surface area contributed by atoms with Gasteiger partial charge in [-0.3, -0.25) is 34.4 Å². The molecular formula is C36H38F3N5O3. The zero-order valence-corrected chi connectivity index (χ0v) is 26.1. The van der Waals surface area contributed by atoms with Crippen LogP contribution in [0, 0.1) is 5.82 Å². The van der Waals surface area contributed by atoms with Gasteiger partial charge in [0, 0.05) is 62.4 Å². The monoisotopic (exact) mass is 645 g/mol. The number of nitrogens with zero attached hydrogens (tertiary/aromatic N) is 4. The van der Waals surface area contributed by atoms with Crippen molar-refractivity contribution in [2.45, 2.75) is 56.4 Å². The molecule has 2 atom stereocenters. The maximum Gasteiger partial charge on any atom is 0.275 e. The largest absolute Gasteiger partial charge is 0.322 e. The van der Waals surface area contributed by atoms with Gasteiger partial charge in [-0.25, -0.2) is 13.2 Å². The molecule has 0 spiro atoms. The Labute approximate surface area is 272 Å². The Morgan fingerprint density at radius 2 is 1.49 bits per heavy atom. The van der Waals surface area contributed by atoms with Crippen LogP contribution in [-0.4, -0.2) is 94.6 Å². The first-order valence-electron chi connectivity index (χ1n) is 16.3. The van der Waals surface area contributed by atoms with Gasteiger partial charge in [0.25, 0.3) is 11.8 Å². The first-order valence-corrected chi connectivity index (χ1v) is 16.3. The van der Waals surface area contributed by atoms with Crippen molar-refractivity contribution in [1.29, 1.82) is 0 Å². The van der Waals surface area contributed by atoms with E-state index in [4.69, 9.17) is 0 Å². The molecule has 3 fully saturated rings. The van der Waals surface area contributed by atoms with Gasteiger partial charge in [-0.2, -0.15) is 0 Å². The molecule has 4 aliphatic heterocycles. The molecule has 4 aliphatic rings. The van der Waals surface area contributed by atoms with Crippen molar-refractivity contribution in [3.8, 4) is 0 Å². The average Bonchev–Trinajstić information content (AvgIpc) is 3.40. The van der Waals surface area contributed by atoms with Gasteiger partial charge in [-0.05, 0) is 30.0 Å². The molecule has 47 heavy (non-hydrogen) atoms. The van der Waals surface area contributed by atoms with Gasteiger partial charge >= 0.3 is 0 Å². The number of carbonyl (C=O) groups excluding carboxylic acids is 3. The maximum absolute atomic E-state index is 15.8. The summed E-state index contributed by atoms with van der Waals surface area (Å²) >= 11 is 0. The Kier molecular flexibility index (Phi) is 8.63. The van der Waals surface area contributed by atoms with Crippen molar-refractivity contribution in [2.75, 3.05) is 39.3 Å². The van der Waals surface area contributed by atoms with Gasteiger partial charge < -0.3 is 4.90 Å². The second-order valence-corrected chi connectivity index (χ2v) is 13.0. The third kappa shape index (κ3) is 6.19. The molecule has 8 nitrogen and oxygen atoms in total. The summed E-state index contributed by atoms with van der Waals surface area (Å²) in [4.78, 5) is 44.1. The third-order valence-corrected chi connectivity index (χ3v) is 10.1. The van der Waals surface area contributed by atoms with Crippen molar-refractivity contribution in [3.63, 3.8) is 0 Å². The molecule has 0 aliphatic carbocycles. The summed E-state index contributed by atoms with van der Waals surface area (Å²) in [5.74, 6) is -5.01. The van der Waals surface area contributed by atoms with E-state index in [2.05, 4.69) is 34.5 Å². The number of alkyl halides is 2. The van der Waals surface area contributed by atoms with Crippen LogP contribution < -0.4 is 5.32 Å². The summed E-state index contributed by atoms with van der Waals surface area (Å²) in [6, 6.07) is 21.9. The Morgan fingerprint density at radius 3 is 2.11 bits per heavy atom. The van der Waals surface area contributed by atoms with E-state index >= 15 is 13.2 Å².